The third kappa shape index (κ3) is 2.98. The second-order valence-corrected chi connectivity index (χ2v) is 2.64. The standard InChI is InChI=1S/B6H4S2/c1-5(2)6(3-7)4-8/h1-2H2. The molecular formula is H4B6S2. The molecule has 0 bridgehead atoms. The molecule has 0 spiro atoms. The quantitative estimate of drug-likeness (QED) is 0.406. The van der Waals surface area contributed by atoms with E-state index in [2.05, 4.69) is 15.5 Å². The Labute approximate surface area is 64.7 Å². The molecule has 8 heavy (non-hydrogen) atoms. The van der Waals surface area contributed by atoms with Gasteiger partial charge < -0.3 is 0 Å². The van der Waals surface area contributed by atoms with Crippen molar-refractivity contribution >= 4 is 64.4 Å². The van der Waals surface area contributed by atoms with Gasteiger partial charge >= 0.3 is 64.4 Å². The molecule has 0 aliphatic rings. The Bertz CT molecular complexity index is 78.5. The molecule has 0 saturated carbocycles. The first-order valence-electron chi connectivity index (χ1n) is 2.63. The fourth-order valence-corrected chi connectivity index (χ4v) is 1.23. The maximum absolute atomic E-state index is 4.73. The Hall–Kier alpha value is 0.830. The van der Waals surface area contributed by atoms with E-state index in [1.165, 1.54) is 0 Å². The fourth-order valence-electron chi connectivity index (χ4n) is 0.346. The van der Waals surface area contributed by atoms with Crippen molar-refractivity contribution in [2.45, 2.75) is 0 Å². The van der Waals surface area contributed by atoms with E-state index in [-0.39, 0.29) is 0 Å². The summed E-state index contributed by atoms with van der Waals surface area (Å²) in [4.78, 5) is 0. The van der Waals surface area contributed by atoms with Crippen molar-refractivity contribution in [1.82, 2.24) is 0 Å². The molecule has 0 amide bonds. The van der Waals surface area contributed by atoms with Crippen LogP contribution in [-0.4, -0.2) is 40.3 Å². The van der Waals surface area contributed by atoms with Crippen LogP contribution in [0.3, 0.4) is 0 Å². The zero-order chi connectivity index (χ0) is 6.57. The van der Waals surface area contributed by atoms with Crippen LogP contribution < -0.4 is 0 Å². The molecule has 34 valence electrons. The van der Waals surface area contributed by atoms with Gasteiger partial charge in [0.15, 0.2) is 0 Å². The van der Waals surface area contributed by atoms with Crippen molar-refractivity contribution in [3.05, 3.63) is 0 Å². The van der Waals surface area contributed by atoms with Gasteiger partial charge in [0.05, 0.1) is 0 Å². The van der Waals surface area contributed by atoms with Crippen molar-refractivity contribution in [2.75, 3.05) is 0 Å². The molecule has 0 heterocycles. The topological polar surface area (TPSA) is 0 Å². The van der Waals surface area contributed by atoms with Gasteiger partial charge in [-0.2, -0.15) is 0 Å². The Morgan fingerprint density at radius 3 is 1.50 bits per heavy atom. The number of rotatable bonds is 3. The molecule has 8 heteroatoms. The summed E-state index contributed by atoms with van der Waals surface area (Å²) in [5.41, 5.74) is 0. The monoisotopic (exact) mass is 134 g/mol. The second-order valence-electron chi connectivity index (χ2n) is 2.09. The van der Waals surface area contributed by atoms with E-state index in [4.69, 9.17) is 24.1 Å². The molecule has 0 aromatic heterocycles. The van der Waals surface area contributed by atoms with Crippen LogP contribution in [0.15, 0.2) is 0 Å². The summed E-state index contributed by atoms with van der Waals surface area (Å²) in [6.45, 7) is 0. The van der Waals surface area contributed by atoms with Gasteiger partial charge in [-0.05, 0) is 0 Å². The van der Waals surface area contributed by atoms with Crippen LogP contribution in [0, 0.1) is 0 Å². The van der Waals surface area contributed by atoms with E-state index >= 15 is 0 Å². The van der Waals surface area contributed by atoms with Crippen LogP contribution in [0.4, 0.5) is 0 Å². The summed E-state index contributed by atoms with van der Waals surface area (Å²) in [7, 11) is 4.21. The summed E-state index contributed by atoms with van der Waals surface area (Å²) in [5, 5.41) is 0. The van der Waals surface area contributed by atoms with Gasteiger partial charge in [-0.15, -0.1) is 0 Å². The summed E-state index contributed by atoms with van der Waals surface area (Å²) >= 11 is 9.45. The van der Waals surface area contributed by atoms with Gasteiger partial charge in [0.2, 0.25) is 0 Å². The molecule has 0 atom stereocenters. The number of hydrogen-bond acceptors (Lipinski definition) is 2. The Morgan fingerprint density at radius 1 is 1.12 bits per heavy atom. The molecule has 0 aliphatic heterocycles. The molecule has 0 aromatic rings. The average molecular weight is 133 g/mol. The van der Waals surface area contributed by atoms with E-state index in [1.54, 1.807) is 12.1 Å². The van der Waals surface area contributed by atoms with Crippen molar-refractivity contribution in [1.29, 1.82) is 0 Å². The van der Waals surface area contributed by atoms with E-state index in [1.807, 2.05) is 0 Å². The molecule has 0 unspecified atom stereocenters. The minimum atomic E-state index is 0.333. The molecule has 0 nitrogen and oxygen atoms in total. The molecule has 0 fully saturated rings. The minimum absolute atomic E-state index is 0.333. The van der Waals surface area contributed by atoms with E-state index < -0.39 is 0 Å². The predicted molar refractivity (Wildman–Crippen MR) is 55.3 cm³/mol. The molecule has 0 N–H and O–H groups in total. The number of hydrogen-bond donors (Lipinski definition) is 0. The average Bonchev–Trinajstić information content (AvgIpc) is 1.69. The molecular weight excluding hydrogens is 129 g/mol. The molecule has 0 aromatic carbocycles. The van der Waals surface area contributed by atoms with Crippen molar-refractivity contribution in [2.24, 2.45) is 0 Å². The summed E-state index contributed by atoms with van der Waals surface area (Å²) in [5.74, 6) is 0. The van der Waals surface area contributed by atoms with Crippen LogP contribution in [0.5, 0.6) is 0 Å². The first-order valence-corrected chi connectivity index (χ1v) is 3.57. The Kier molecular flexibility index (Phi) is 5.17. The Balaban J connectivity index is 3.68. The summed E-state index contributed by atoms with van der Waals surface area (Å²) in [6.07, 6.45) is 0.894. The summed E-state index contributed by atoms with van der Waals surface area (Å²) in [6, 6.07) is 3.44. The van der Waals surface area contributed by atoms with Gasteiger partial charge in [0.1, 0.15) is 0 Å². The van der Waals surface area contributed by atoms with Crippen molar-refractivity contribution in [3.63, 3.8) is 0 Å². The van der Waals surface area contributed by atoms with Gasteiger partial charge in [-0.25, -0.2) is 0 Å². The van der Waals surface area contributed by atoms with E-state index in [9.17, 15) is 0 Å². The van der Waals surface area contributed by atoms with Gasteiger partial charge in [-0.3, -0.25) is 0 Å². The first-order chi connectivity index (χ1) is 3.72. The third-order valence-corrected chi connectivity index (χ3v) is 1.71. The SMILES string of the molecule is BB(B)B(B=S)B=S. The van der Waals surface area contributed by atoms with Crippen LogP contribution in [0.1, 0.15) is 0 Å². The zero-order valence-electron chi connectivity index (χ0n) is 5.13. The van der Waals surface area contributed by atoms with Gasteiger partial charge in [0, 0.05) is 0 Å². The molecule has 0 aliphatic carbocycles. The Morgan fingerprint density at radius 2 is 1.50 bits per heavy atom. The third-order valence-electron chi connectivity index (χ3n) is 1.08. The van der Waals surface area contributed by atoms with Gasteiger partial charge in [-0.1, -0.05) is 0 Å². The first kappa shape index (κ1) is 8.83. The van der Waals surface area contributed by atoms with Crippen LogP contribution in [0.25, 0.3) is 0 Å². The fraction of sp³-hybridized carbons (Fsp3) is 0. The summed E-state index contributed by atoms with van der Waals surface area (Å²) < 4.78 is 0. The second kappa shape index (κ2) is 4.68. The predicted octanol–water partition coefficient (Wildman–Crippen LogP) is -2.06. The van der Waals surface area contributed by atoms with E-state index in [0.29, 0.717) is 12.8 Å². The van der Waals surface area contributed by atoms with E-state index in [0.717, 1.165) is 0 Å². The normalized spacial score (nSPS) is 6.50. The maximum atomic E-state index is 4.73. The van der Waals surface area contributed by atoms with Crippen LogP contribution in [-0.2, 0) is 0 Å². The van der Waals surface area contributed by atoms with Crippen molar-refractivity contribution in [3.8, 4) is 0 Å². The molecule has 0 radical (unpaired) electrons. The van der Waals surface area contributed by atoms with Crippen LogP contribution >= 0.6 is 24.1 Å². The molecule has 0 saturated heterocycles. The van der Waals surface area contributed by atoms with Gasteiger partial charge in [0.25, 0.3) is 0 Å². The van der Waals surface area contributed by atoms with Crippen LogP contribution in [0.2, 0.25) is 0 Å². The van der Waals surface area contributed by atoms with Crippen molar-refractivity contribution < 1.29 is 0 Å². The zero-order valence-corrected chi connectivity index (χ0v) is 6.76. The molecule has 0 rings (SSSR count).